The van der Waals surface area contributed by atoms with E-state index in [9.17, 15) is 24.1 Å². The highest BCUT2D eigenvalue weighted by atomic mass is 16.5. The maximum absolute atomic E-state index is 14.1. The molecule has 0 saturated carbocycles. The van der Waals surface area contributed by atoms with Crippen LogP contribution >= 0.6 is 0 Å². The highest BCUT2D eigenvalue weighted by molar-refractivity contribution is 5.87. The summed E-state index contributed by atoms with van der Waals surface area (Å²) >= 11 is 0. The van der Waals surface area contributed by atoms with Crippen molar-refractivity contribution in [2.24, 2.45) is 22.9 Å². The Morgan fingerprint density at radius 2 is 1.67 bits per heavy atom. The summed E-state index contributed by atoms with van der Waals surface area (Å²) in [4.78, 5) is 68.4. The van der Waals surface area contributed by atoms with E-state index in [1.807, 2.05) is 45.9 Å². The van der Waals surface area contributed by atoms with Crippen LogP contribution in [0.3, 0.4) is 0 Å². The molecule has 0 bridgehead atoms. The fourth-order valence-electron chi connectivity index (χ4n) is 6.90. The molecule has 1 aromatic rings. The van der Waals surface area contributed by atoms with Gasteiger partial charge in [0.25, 0.3) is 0 Å². The van der Waals surface area contributed by atoms with Crippen LogP contribution in [0.4, 0.5) is 0 Å². The molecular weight excluding hydrogens is 628 g/mol. The maximum atomic E-state index is 14.1. The van der Waals surface area contributed by atoms with Gasteiger partial charge in [-0.15, -0.1) is 0 Å². The van der Waals surface area contributed by atoms with Crippen LogP contribution < -0.4 is 16.0 Å². The van der Waals surface area contributed by atoms with Crippen molar-refractivity contribution in [2.45, 2.75) is 103 Å². The number of nitrogens with zero attached hydrogens (tertiary/aromatic N) is 3. The zero-order chi connectivity index (χ0) is 36.7. The van der Waals surface area contributed by atoms with Gasteiger partial charge >= 0.3 is 0 Å². The number of hydrogen-bond donors (Lipinski definition) is 3. The Bertz CT molecular complexity index is 1200. The van der Waals surface area contributed by atoms with E-state index >= 15 is 0 Å². The number of amides is 4. The third kappa shape index (κ3) is 11.6. The van der Waals surface area contributed by atoms with E-state index in [0.29, 0.717) is 18.5 Å². The Morgan fingerprint density at radius 3 is 2.22 bits per heavy atom. The van der Waals surface area contributed by atoms with Gasteiger partial charge in [-0.1, -0.05) is 76.5 Å². The van der Waals surface area contributed by atoms with E-state index in [-0.39, 0.29) is 61.0 Å². The molecular formula is C36H60N6O7. The van der Waals surface area contributed by atoms with Gasteiger partial charge in [0.2, 0.25) is 23.6 Å². The minimum atomic E-state index is -0.720. The van der Waals surface area contributed by atoms with E-state index in [1.54, 1.807) is 57.2 Å². The molecule has 1 fully saturated rings. The predicted octanol–water partition coefficient (Wildman–Crippen LogP) is 3.28. The first-order valence-electron chi connectivity index (χ1n) is 17.6. The number of nitrogens with one attached hydrogen (secondary N) is 3. The molecule has 8 unspecified atom stereocenters. The molecule has 1 aliphatic rings. The number of piperidine rings is 1. The molecule has 1 aromatic carbocycles. The number of ether oxygens (including phenoxy) is 2. The van der Waals surface area contributed by atoms with Gasteiger partial charge in [0, 0.05) is 34.4 Å². The molecule has 0 aromatic heterocycles. The van der Waals surface area contributed by atoms with Crippen LogP contribution in [0.5, 0.6) is 0 Å². The summed E-state index contributed by atoms with van der Waals surface area (Å²) in [5.74, 6) is -1.53. The predicted molar refractivity (Wildman–Crippen MR) is 189 cm³/mol. The fraction of sp³-hybridized carbons (Fsp3) is 0.722. The Morgan fingerprint density at radius 1 is 1.00 bits per heavy atom. The summed E-state index contributed by atoms with van der Waals surface area (Å²) in [7, 11) is 6.49. The van der Waals surface area contributed by atoms with Crippen LogP contribution in [-0.2, 0) is 28.7 Å². The Kier molecular flexibility index (Phi) is 17.8. The molecule has 4 amide bonds. The number of hydrogen-bond acceptors (Lipinski definition) is 9. The van der Waals surface area contributed by atoms with E-state index in [1.165, 1.54) is 0 Å². The van der Waals surface area contributed by atoms with Gasteiger partial charge in [-0.25, -0.2) is 0 Å². The van der Waals surface area contributed by atoms with Crippen molar-refractivity contribution in [1.82, 2.24) is 25.8 Å². The highest BCUT2D eigenvalue weighted by Gasteiger charge is 2.41. The molecule has 2 rings (SSSR count). The van der Waals surface area contributed by atoms with Crippen molar-refractivity contribution >= 4 is 23.6 Å². The fourth-order valence-corrected chi connectivity index (χ4v) is 6.90. The van der Waals surface area contributed by atoms with Gasteiger partial charge in [0.1, 0.15) is 6.04 Å². The van der Waals surface area contributed by atoms with Crippen LogP contribution in [0.2, 0.25) is 0 Å². The second kappa shape index (κ2) is 20.9. The van der Waals surface area contributed by atoms with Crippen LogP contribution in [0, 0.1) is 22.7 Å². The molecule has 49 heavy (non-hydrogen) atoms. The smallest absolute Gasteiger partial charge is 0.242 e. The number of likely N-dealkylation sites (N-methyl/N-ethyl adjacent to an activating group) is 2. The number of rotatable bonds is 20. The van der Waals surface area contributed by atoms with E-state index in [0.717, 1.165) is 19.3 Å². The average molecular weight is 689 g/mol. The first-order chi connectivity index (χ1) is 23.4. The molecule has 3 N–H and O–H groups in total. The van der Waals surface area contributed by atoms with Crippen LogP contribution in [0.25, 0.3) is 0 Å². The lowest BCUT2D eigenvalue weighted by atomic mass is 9.87. The molecule has 8 atom stereocenters. The number of benzene rings is 1. The second-order valence-electron chi connectivity index (χ2n) is 13.5. The lowest BCUT2D eigenvalue weighted by Gasteiger charge is -2.43. The molecule has 0 radical (unpaired) electrons. The van der Waals surface area contributed by atoms with Crippen molar-refractivity contribution in [3.63, 3.8) is 0 Å². The number of carbonyl (C=O) groups excluding carboxylic acids is 4. The Hall–Kier alpha value is -3.42. The third-order valence-electron chi connectivity index (χ3n) is 10.0. The van der Waals surface area contributed by atoms with Crippen molar-refractivity contribution in [1.29, 1.82) is 0 Å². The molecule has 1 aliphatic heterocycles. The summed E-state index contributed by atoms with van der Waals surface area (Å²) in [6, 6.07) is 7.15. The summed E-state index contributed by atoms with van der Waals surface area (Å²) < 4.78 is 11.8. The van der Waals surface area contributed by atoms with Crippen molar-refractivity contribution in [3.8, 4) is 0 Å². The summed E-state index contributed by atoms with van der Waals surface area (Å²) in [6.07, 6.45) is 1.94. The third-order valence-corrected chi connectivity index (χ3v) is 10.0. The van der Waals surface area contributed by atoms with Crippen molar-refractivity contribution in [3.05, 3.63) is 40.8 Å². The summed E-state index contributed by atoms with van der Waals surface area (Å²) in [5.41, 5.74) is 0.715. The second-order valence-corrected chi connectivity index (χ2v) is 13.5. The maximum Gasteiger partial charge on any atom is 0.242 e. The molecule has 1 heterocycles. The number of likely N-dealkylation sites (tertiary alicyclic amines) is 1. The van der Waals surface area contributed by atoms with E-state index < -0.39 is 36.3 Å². The minimum Gasteiger partial charge on any atom is -0.379 e. The lowest BCUT2D eigenvalue weighted by Crippen LogP contribution is -2.57. The van der Waals surface area contributed by atoms with Gasteiger partial charge in [-0.2, -0.15) is 4.91 Å². The van der Waals surface area contributed by atoms with Gasteiger partial charge in [-0.3, -0.25) is 19.2 Å². The topological polar surface area (TPSA) is 159 Å². The zero-order valence-corrected chi connectivity index (χ0v) is 30.9. The molecule has 0 spiro atoms. The summed E-state index contributed by atoms with van der Waals surface area (Å²) in [6.45, 7) is 10.1. The Labute approximate surface area is 292 Å². The molecule has 13 nitrogen and oxygen atoms in total. The van der Waals surface area contributed by atoms with Crippen LogP contribution in [0.15, 0.2) is 35.5 Å². The average Bonchev–Trinajstić information content (AvgIpc) is 3.11. The van der Waals surface area contributed by atoms with Gasteiger partial charge in [0.15, 0.2) is 0 Å². The number of carbonyl (C=O) groups is 4. The van der Waals surface area contributed by atoms with Crippen molar-refractivity contribution in [2.75, 3.05) is 47.9 Å². The standard InChI is InChI=1S/C36H60N6O7/c1-10-24(4)33(41(7)31(44)22-39-36(46)32(37-6)23(2)3)29(48-8)20-30(43)42-19-15-14-18-28(42)34(49-9)25(5)35(45)38-21-27(40-47)26-16-12-11-13-17-26/h11-13,16-17,23-25,27-29,32-34,37H,10,14-15,18-22H2,1-9H3,(H,38,45)(H,39,46). The SMILES string of the molecule is CCC(C)C(C(CC(=O)N1CCCCC1C(OC)C(C)C(=O)NCC(N=O)c1ccccc1)OC)N(C)C(=O)CNC(=O)C(NC)C(C)C. The van der Waals surface area contributed by atoms with Crippen molar-refractivity contribution < 1.29 is 28.7 Å². The normalized spacial score (nSPS) is 19.1. The van der Waals surface area contributed by atoms with Gasteiger partial charge in [-0.05, 0) is 43.7 Å². The minimum absolute atomic E-state index is 0.00344. The first kappa shape index (κ1) is 41.7. The van der Waals surface area contributed by atoms with Crippen LogP contribution in [0.1, 0.15) is 78.3 Å². The van der Waals surface area contributed by atoms with Gasteiger partial charge in [0.05, 0.1) is 49.2 Å². The largest absolute Gasteiger partial charge is 0.379 e. The molecule has 13 heteroatoms. The quantitative estimate of drug-likeness (QED) is 0.176. The number of nitroso groups, excluding NO2 is 1. The Balaban J connectivity index is 2.17. The van der Waals surface area contributed by atoms with Crippen LogP contribution in [-0.4, -0.2) is 112 Å². The molecule has 276 valence electrons. The zero-order valence-electron chi connectivity index (χ0n) is 30.9. The first-order valence-corrected chi connectivity index (χ1v) is 17.6. The summed E-state index contributed by atoms with van der Waals surface area (Å²) in [5, 5.41) is 11.8. The highest BCUT2D eigenvalue weighted by Crippen LogP contribution is 2.29. The molecule has 0 aliphatic carbocycles. The molecule has 1 saturated heterocycles. The number of methoxy groups -OCH3 is 2. The van der Waals surface area contributed by atoms with E-state index in [4.69, 9.17) is 9.47 Å². The lowest BCUT2D eigenvalue weighted by molar-refractivity contribution is -0.149. The monoisotopic (exact) mass is 688 g/mol. The van der Waals surface area contributed by atoms with Gasteiger partial charge < -0.3 is 35.2 Å². The van der Waals surface area contributed by atoms with E-state index in [2.05, 4.69) is 21.1 Å².